The van der Waals surface area contributed by atoms with Crippen LogP contribution in [0.15, 0.2) is 54.6 Å². The largest absolute Gasteiger partial charge is 0.378 e. The first-order valence-corrected chi connectivity index (χ1v) is 6.61. The number of hydrogen-bond donors (Lipinski definition) is 1. The molecule has 1 nitrogen and oxygen atoms in total. The first kappa shape index (κ1) is 13.0. The Morgan fingerprint density at radius 2 is 1.67 bits per heavy atom. The average Bonchev–Trinajstić information content (AvgIpc) is 2.37. The van der Waals surface area contributed by atoms with E-state index in [1.165, 1.54) is 5.56 Å². The van der Waals surface area contributed by atoms with Crippen LogP contribution in [0.3, 0.4) is 0 Å². The van der Waals surface area contributed by atoms with Gasteiger partial charge in [-0.05, 0) is 29.7 Å². The van der Waals surface area contributed by atoms with Crippen molar-refractivity contribution in [3.05, 3.63) is 65.2 Å². The van der Waals surface area contributed by atoms with Crippen molar-refractivity contribution in [2.24, 2.45) is 5.92 Å². The zero-order valence-corrected chi connectivity index (χ0v) is 11.5. The average molecular weight is 260 g/mol. The predicted octanol–water partition coefficient (Wildman–Crippen LogP) is 5.15. The maximum absolute atomic E-state index is 6.01. The summed E-state index contributed by atoms with van der Waals surface area (Å²) in [6, 6.07) is 18.7. The van der Waals surface area contributed by atoms with Gasteiger partial charge in [0.1, 0.15) is 0 Å². The van der Waals surface area contributed by atoms with Gasteiger partial charge in [-0.2, -0.15) is 0 Å². The van der Waals surface area contributed by atoms with Gasteiger partial charge in [0.15, 0.2) is 0 Å². The Bertz CT molecular complexity index is 493. The van der Waals surface area contributed by atoms with Gasteiger partial charge in [-0.3, -0.25) is 0 Å². The molecule has 0 amide bonds. The van der Waals surface area contributed by atoms with Crippen LogP contribution in [0.1, 0.15) is 25.5 Å². The smallest absolute Gasteiger partial charge is 0.0536 e. The molecular weight excluding hydrogens is 242 g/mol. The van der Waals surface area contributed by atoms with Gasteiger partial charge in [0, 0.05) is 10.7 Å². The van der Waals surface area contributed by atoms with E-state index in [0.29, 0.717) is 12.0 Å². The van der Waals surface area contributed by atoms with Crippen molar-refractivity contribution in [3.8, 4) is 0 Å². The van der Waals surface area contributed by atoms with Gasteiger partial charge in [-0.1, -0.05) is 61.8 Å². The number of nitrogens with one attached hydrogen (secondary N) is 1. The van der Waals surface area contributed by atoms with Crippen LogP contribution in [0.5, 0.6) is 0 Å². The second-order valence-electron chi connectivity index (χ2n) is 4.79. The highest BCUT2D eigenvalue weighted by Crippen LogP contribution is 2.27. The number of rotatable bonds is 4. The lowest BCUT2D eigenvalue weighted by Crippen LogP contribution is -2.16. The van der Waals surface area contributed by atoms with Gasteiger partial charge in [0.05, 0.1) is 6.04 Å². The Morgan fingerprint density at radius 1 is 0.944 bits per heavy atom. The lowest BCUT2D eigenvalue weighted by molar-refractivity contribution is 0.546. The summed E-state index contributed by atoms with van der Waals surface area (Å²) >= 11 is 6.01. The first-order chi connectivity index (χ1) is 8.66. The summed E-state index contributed by atoms with van der Waals surface area (Å²) in [6.07, 6.45) is 0. The van der Waals surface area contributed by atoms with Gasteiger partial charge in [0.25, 0.3) is 0 Å². The van der Waals surface area contributed by atoms with Crippen molar-refractivity contribution < 1.29 is 0 Å². The molecule has 0 aliphatic rings. The van der Waals surface area contributed by atoms with E-state index >= 15 is 0 Å². The van der Waals surface area contributed by atoms with Crippen LogP contribution in [-0.2, 0) is 0 Å². The first-order valence-electron chi connectivity index (χ1n) is 6.24. The lowest BCUT2D eigenvalue weighted by atomic mass is 9.96. The molecule has 2 aromatic carbocycles. The maximum atomic E-state index is 6.01. The van der Waals surface area contributed by atoms with E-state index in [4.69, 9.17) is 11.6 Å². The molecule has 2 aromatic rings. The highest BCUT2D eigenvalue weighted by atomic mass is 35.5. The maximum Gasteiger partial charge on any atom is 0.0536 e. The molecule has 0 spiro atoms. The van der Waals surface area contributed by atoms with Crippen LogP contribution in [0.4, 0.5) is 5.69 Å². The van der Waals surface area contributed by atoms with Gasteiger partial charge >= 0.3 is 0 Å². The highest BCUT2D eigenvalue weighted by Gasteiger charge is 2.15. The molecule has 2 rings (SSSR count). The number of halogens is 1. The van der Waals surface area contributed by atoms with E-state index < -0.39 is 0 Å². The van der Waals surface area contributed by atoms with Gasteiger partial charge in [-0.25, -0.2) is 0 Å². The van der Waals surface area contributed by atoms with Crippen LogP contribution in [-0.4, -0.2) is 0 Å². The number of anilines is 1. The number of benzene rings is 2. The minimum Gasteiger partial charge on any atom is -0.378 e. The summed E-state index contributed by atoms with van der Waals surface area (Å²) in [5.74, 6) is 0.506. The van der Waals surface area contributed by atoms with Crippen LogP contribution >= 0.6 is 11.6 Å². The van der Waals surface area contributed by atoms with Gasteiger partial charge in [-0.15, -0.1) is 0 Å². The quantitative estimate of drug-likeness (QED) is 0.801. The second kappa shape index (κ2) is 5.92. The summed E-state index contributed by atoms with van der Waals surface area (Å²) in [4.78, 5) is 0. The van der Waals surface area contributed by atoms with E-state index in [-0.39, 0.29) is 0 Å². The fourth-order valence-corrected chi connectivity index (χ4v) is 2.24. The molecule has 0 heterocycles. The Morgan fingerprint density at radius 3 is 2.28 bits per heavy atom. The summed E-state index contributed by atoms with van der Waals surface area (Å²) in [7, 11) is 0. The zero-order valence-electron chi connectivity index (χ0n) is 10.7. The molecule has 0 aromatic heterocycles. The van der Waals surface area contributed by atoms with E-state index in [0.717, 1.165) is 10.7 Å². The third kappa shape index (κ3) is 3.27. The Labute approximate surface area is 114 Å². The fourth-order valence-electron chi connectivity index (χ4n) is 2.05. The molecule has 0 aliphatic heterocycles. The van der Waals surface area contributed by atoms with E-state index in [2.05, 4.69) is 43.4 Å². The van der Waals surface area contributed by atoms with E-state index in [1.54, 1.807) is 0 Å². The topological polar surface area (TPSA) is 12.0 Å². The normalized spacial score (nSPS) is 12.4. The second-order valence-corrected chi connectivity index (χ2v) is 5.22. The molecule has 18 heavy (non-hydrogen) atoms. The molecule has 0 saturated heterocycles. The van der Waals surface area contributed by atoms with Crippen molar-refractivity contribution in [1.82, 2.24) is 0 Å². The zero-order chi connectivity index (χ0) is 13.0. The van der Waals surface area contributed by atoms with E-state index in [9.17, 15) is 0 Å². The lowest BCUT2D eigenvalue weighted by Gasteiger charge is -2.24. The van der Waals surface area contributed by atoms with Crippen molar-refractivity contribution >= 4 is 17.3 Å². The van der Waals surface area contributed by atoms with Crippen LogP contribution in [0.2, 0.25) is 5.02 Å². The standard InChI is InChI=1S/C16H18ClN/c1-12(2)16(13-7-4-3-5-8-13)18-15-10-6-9-14(17)11-15/h3-12,16,18H,1-2H3. The van der Waals surface area contributed by atoms with Gasteiger partial charge < -0.3 is 5.32 Å². The third-order valence-electron chi connectivity index (χ3n) is 2.97. The molecule has 1 N–H and O–H groups in total. The molecule has 94 valence electrons. The predicted molar refractivity (Wildman–Crippen MR) is 79.1 cm³/mol. The van der Waals surface area contributed by atoms with Crippen LogP contribution in [0, 0.1) is 5.92 Å². The third-order valence-corrected chi connectivity index (χ3v) is 3.21. The molecule has 2 heteroatoms. The van der Waals surface area contributed by atoms with E-state index in [1.807, 2.05) is 30.3 Å². The Balaban J connectivity index is 2.22. The number of hydrogen-bond acceptors (Lipinski definition) is 1. The molecule has 0 fully saturated rings. The van der Waals surface area contributed by atoms with Gasteiger partial charge in [0.2, 0.25) is 0 Å². The molecule has 0 bridgehead atoms. The summed E-state index contributed by atoms with van der Waals surface area (Å²) in [5.41, 5.74) is 2.36. The minimum absolute atomic E-state index is 0.296. The van der Waals surface area contributed by atoms with Crippen molar-refractivity contribution in [2.75, 3.05) is 5.32 Å². The fraction of sp³-hybridized carbons (Fsp3) is 0.250. The highest BCUT2D eigenvalue weighted by molar-refractivity contribution is 6.30. The molecule has 0 aliphatic carbocycles. The molecule has 1 atom stereocenters. The SMILES string of the molecule is CC(C)C(Nc1cccc(Cl)c1)c1ccccc1. The van der Waals surface area contributed by atoms with Crippen molar-refractivity contribution in [3.63, 3.8) is 0 Å². The summed E-state index contributed by atoms with van der Waals surface area (Å²) < 4.78 is 0. The molecule has 1 unspecified atom stereocenters. The van der Waals surface area contributed by atoms with Crippen molar-refractivity contribution in [1.29, 1.82) is 0 Å². The Kier molecular flexibility index (Phi) is 4.27. The van der Waals surface area contributed by atoms with Crippen LogP contribution in [0.25, 0.3) is 0 Å². The summed E-state index contributed by atoms with van der Waals surface area (Å²) in [5, 5.41) is 4.31. The monoisotopic (exact) mass is 259 g/mol. The minimum atomic E-state index is 0.296. The molecule has 0 saturated carbocycles. The summed E-state index contributed by atoms with van der Waals surface area (Å²) in [6.45, 7) is 4.43. The molecule has 0 radical (unpaired) electrons. The van der Waals surface area contributed by atoms with Crippen LogP contribution < -0.4 is 5.32 Å². The Hall–Kier alpha value is -1.47. The molecular formula is C16H18ClN. The van der Waals surface area contributed by atoms with Crippen molar-refractivity contribution in [2.45, 2.75) is 19.9 Å².